The third-order valence-corrected chi connectivity index (χ3v) is 4.59. The van der Waals surface area contributed by atoms with Crippen molar-refractivity contribution in [2.75, 3.05) is 0 Å². The van der Waals surface area contributed by atoms with Gasteiger partial charge in [0.1, 0.15) is 12.1 Å². The molecule has 0 spiro atoms. The molecular weight excluding hydrogens is 350 g/mol. The van der Waals surface area contributed by atoms with Crippen LogP contribution in [0.15, 0.2) is 24.3 Å². The molecule has 0 radical (unpaired) electrons. The van der Waals surface area contributed by atoms with Gasteiger partial charge in [-0.25, -0.2) is 15.2 Å². The second-order valence-electron chi connectivity index (χ2n) is 7.71. The highest BCUT2D eigenvalue weighted by Crippen LogP contribution is 2.28. The van der Waals surface area contributed by atoms with Gasteiger partial charge < -0.3 is 5.32 Å². The van der Waals surface area contributed by atoms with Crippen molar-refractivity contribution in [3.8, 4) is 0 Å². The van der Waals surface area contributed by atoms with E-state index in [1.165, 1.54) is 12.4 Å². The number of rotatable bonds is 6. The number of ketones is 1. The third kappa shape index (κ3) is 4.33. The van der Waals surface area contributed by atoms with Gasteiger partial charge in [0.25, 0.3) is 11.8 Å². The molecule has 146 valence electrons. The lowest BCUT2D eigenvalue weighted by Gasteiger charge is -2.34. The Labute approximate surface area is 157 Å². The SMILES string of the molecule is CC(=O)c1ccccc1CCC1NC(=O)N(C(C(=O)NO)C(C)(C)C)C1=O. The van der Waals surface area contributed by atoms with Gasteiger partial charge in [0.2, 0.25) is 0 Å². The molecule has 2 rings (SSSR count). The summed E-state index contributed by atoms with van der Waals surface area (Å²) in [4.78, 5) is 49.8. The first-order chi connectivity index (χ1) is 12.6. The molecule has 2 unspecified atom stereocenters. The van der Waals surface area contributed by atoms with Crippen LogP contribution in [0.2, 0.25) is 0 Å². The first-order valence-corrected chi connectivity index (χ1v) is 8.74. The summed E-state index contributed by atoms with van der Waals surface area (Å²) in [5, 5.41) is 11.6. The highest BCUT2D eigenvalue weighted by molar-refractivity contribution is 6.07. The normalized spacial score (nSPS) is 18.3. The Balaban J connectivity index is 2.19. The first-order valence-electron chi connectivity index (χ1n) is 8.74. The van der Waals surface area contributed by atoms with Crippen LogP contribution in [-0.4, -0.2) is 45.8 Å². The number of amides is 4. The molecule has 1 fully saturated rings. The highest BCUT2D eigenvalue weighted by Gasteiger charge is 2.48. The van der Waals surface area contributed by atoms with E-state index in [1.807, 2.05) is 12.1 Å². The molecule has 1 aliphatic rings. The largest absolute Gasteiger partial charge is 0.326 e. The molecule has 3 N–H and O–H groups in total. The van der Waals surface area contributed by atoms with E-state index in [0.29, 0.717) is 18.4 Å². The predicted molar refractivity (Wildman–Crippen MR) is 97.1 cm³/mol. The average Bonchev–Trinajstić information content (AvgIpc) is 2.86. The summed E-state index contributed by atoms with van der Waals surface area (Å²) in [5.74, 6) is -1.42. The second kappa shape index (κ2) is 7.87. The molecule has 2 atom stereocenters. The Morgan fingerprint density at radius 3 is 2.44 bits per heavy atom. The third-order valence-electron chi connectivity index (χ3n) is 4.59. The van der Waals surface area contributed by atoms with Crippen molar-refractivity contribution in [2.24, 2.45) is 5.41 Å². The number of nitrogens with zero attached hydrogens (tertiary/aromatic N) is 1. The number of imide groups is 1. The van der Waals surface area contributed by atoms with Crippen LogP contribution < -0.4 is 10.8 Å². The van der Waals surface area contributed by atoms with Gasteiger partial charge in [0.05, 0.1) is 0 Å². The maximum absolute atomic E-state index is 12.8. The Morgan fingerprint density at radius 1 is 1.26 bits per heavy atom. The lowest BCUT2D eigenvalue weighted by Crippen LogP contribution is -2.55. The van der Waals surface area contributed by atoms with Crippen LogP contribution in [0.25, 0.3) is 0 Å². The molecule has 4 amide bonds. The Kier molecular flexibility index (Phi) is 6.00. The van der Waals surface area contributed by atoms with E-state index in [1.54, 1.807) is 32.9 Å². The van der Waals surface area contributed by atoms with Gasteiger partial charge in [-0.3, -0.25) is 19.6 Å². The van der Waals surface area contributed by atoms with Gasteiger partial charge in [0.15, 0.2) is 5.78 Å². The summed E-state index contributed by atoms with van der Waals surface area (Å²) in [6, 6.07) is 4.50. The van der Waals surface area contributed by atoms with E-state index in [-0.39, 0.29) is 5.78 Å². The summed E-state index contributed by atoms with van der Waals surface area (Å²) >= 11 is 0. The van der Waals surface area contributed by atoms with Crippen molar-refractivity contribution < 1.29 is 24.4 Å². The molecule has 0 saturated carbocycles. The van der Waals surface area contributed by atoms with Crippen LogP contribution in [-0.2, 0) is 16.0 Å². The fraction of sp³-hybridized carbons (Fsp3) is 0.474. The van der Waals surface area contributed by atoms with Crippen molar-refractivity contribution in [3.63, 3.8) is 0 Å². The number of Topliss-reactive ketones (excluding diaryl/α,β-unsaturated/α-hetero) is 1. The second-order valence-corrected chi connectivity index (χ2v) is 7.71. The fourth-order valence-electron chi connectivity index (χ4n) is 3.33. The Morgan fingerprint density at radius 2 is 1.89 bits per heavy atom. The van der Waals surface area contributed by atoms with Crippen molar-refractivity contribution in [1.29, 1.82) is 0 Å². The molecule has 1 aromatic rings. The zero-order chi connectivity index (χ0) is 20.4. The van der Waals surface area contributed by atoms with Crippen molar-refractivity contribution >= 4 is 23.6 Å². The minimum Gasteiger partial charge on any atom is -0.326 e. The lowest BCUT2D eigenvalue weighted by atomic mass is 9.85. The van der Waals surface area contributed by atoms with Gasteiger partial charge >= 0.3 is 6.03 Å². The number of urea groups is 1. The monoisotopic (exact) mass is 375 g/mol. The number of aryl methyl sites for hydroxylation is 1. The Bertz CT molecular complexity index is 769. The molecule has 1 saturated heterocycles. The molecule has 1 aromatic carbocycles. The molecule has 0 aliphatic carbocycles. The molecule has 8 heteroatoms. The van der Waals surface area contributed by atoms with Gasteiger partial charge in [-0.2, -0.15) is 0 Å². The molecule has 0 aromatic heterocycles. The quantitative estimate of drug-likeness (QED) is 0.303. The van der Waals surface area contributed by atoms with E-state index in [4.69, 9.17) is 5.21 Å². The minimum absolute atomic E-state index is 0.0681. The zero-order valence-corrected chi connectivity index (χ0v) is 15.9. The van der Waals surface area contributed by atoms with Gasteiger partial charge in [0, 0.05) is 5.56 Å². The van der Waals surface area contributed by atoms with Crippen LogP contribution in [0.5, 0.6) is 0 Å². The van der Waals surface area contributed by atoms with Gasteiger partial charge in [-0.15, -0.1) is 0 Å². The van der Waals surface area contributed by atoms with Crippen LogP contribution in [0.1, 0.15) is 50.0 Å². The molecule has 8 nitrogen and oxygen atoms in total. The van der Waals surface area contributed by atoms with E-state index < -0.39 is 35.3 Å². The van der Waals surface area contributed by atoms with Crippen LogP contribution in [0, 0.1) is 5.41 Å². The van der Waals surface area contributed by atoms with Gasteiger partial charge in [-0.05, 0) is 30.7 Å². The summed E-state index contributed by atoms with van der Waals surface area (Å²) < 4.78 is 0. The highest BCUT2D eigenvalue weighted by atomic mass is 16.5. The molecule has 1 aliphatic heterocycles. The number of carbonyl (C=O) groups excluding carboxylic acids is 4. The molecule has 0 bridgehead atoms. The van der Waals surface area contributed by atoms with E-state index in [0.717, 1.165) is 10.5 Å². The molecule has 27 heavy (non-hydrogen) atoms. The number of carbonyl (C=O) groups is 4. The fourth-order valence-corrected chi connectivity index (χ4v) is 3.33. The maximum Gasteiger partial charge on any atom is 0.325 e. The van der Waals surface area contributed by atoms with Crippen LogP contribution in [0.3, 0.4) is 0 Å². The maximum atomic E-state index is 12.8. The van der Waals surface area contributed by atoms with Crippen molar-refractivity contribution in [1.82, 2.24) is 15.7 Å². The van der Waals surface area contributed by atoms with Gasteiger partial charge in [-0.1, -0.05) is 45.0 Å². The number of hydrogen-bond donors (Lipinski definition) is 3. The van der Waals surface area contributed by atoms with Crippen molar-refractivity contribution in [3.05, 3.63) is 35.4 Å². The molecular formula is C19H25N3O5. The number of benzene rings is 1. The summed E-state index contributed by atoms with van der Waals surface area (Å²) in [5.41, 5.74) is 2.14. The predicted octanol–water partition coefficient (Wildman–Crippen LogP) is 1.66. The first kappa shape index (κ1) is 20.6. The minimum atomic E-state index is -1.15. The summed E-state index contributed by atoms with van der Waals surface area (Å²) in [6.45, 7) is 6.57. The standard InChI is InChI=1S/C19H25N3O5/c1-11(23)13-8-6-5-7-12(13)9-10-14-17(25)22(18(26)20-14)15(16(24)21-27)19(2,3)4/h5-8,14-15,27H,9-10H2,1-4H3,(H,20,26)(H,21,24). The van der Waals surface area contributed by atoms with Crippen LogP contribution in [0.4, 0.5) is 4.79 Å². The van der Waals surface area contributed by atoms with E-state index >= 15 is 0 Å². The van der Waals surface area contributed by atoms with Crippen molar-refractivity contribution in [2.45, 2.75) is 52.6 Å². The number of hydrogen-bond acceptors (Lipinski definition) is 5. The van der Waals surface area contributed by atoms with E-state index in [2.05, 4.69) is 5.32 Å². The number of nitrogens with one attached hydrogen (secondary N) is 2. The van der Waals surface area contributed by atoms with Crippen LogP contribution >= 0.6 is 0 Å². The molecule has 1 heterocycles. The number of hydroxylamine groups is 1. The lowest BCUT2D eigenvalue weighted by molar-refractivity contribution is -0.144. The smallest absolute Gasteiger partial charge is 0.325 e. The summed E-state index contributed by atoms with van der Waals surface area (Å²) in [7, 11) is 0. The Hall–Kier alpha value is -2.74. The van der Waals surface area contributed by atoms with E-state index in [9.17, 15) is 19.2 Å². The average molecular weight is 375 g/mol. The topological polar surface area (TPSA) is 116 Å². The summed E-state index contributed by atoms with van der Waals surface area (Å²) in [6.07, 6.45) is 0.718. The zero-order valence-electron chi connectivity index (χ0n) is 15.9.